The number of hydrogen-bond acceptors (Lipinski definition) is 4. The summed E-state index contributed by atoms with van der Waals surface area (Å²) in [5.74, 6) is 0. The van der Waals surface area contributed by atoms with E-state index in [9.17, 15) is 5.26 Å². The number of rotatable bonds is 3. The molecule has 0 aromatic heterocycles. The number of hydrogen-bond donors (Lipinski definition) is 1. The molecule has 0 saturated heterocycles. The van der Waals surface area contributed by atoms with Gasteiger partial charge >= 0.3 is 0 Å². The second-order valence-corrected chi connectivity index (χ2v) is 8.85. The lowest BCUT2D eigenvalue weighted by Gasteiger charge is -2.49. The molecule has 2 aromatic carbocycles. The number of para-hydroxylation sites is 2. The third kappa shape index (κ3) is 3.47. The van der Waals surface area contributed by atoms with Crippen LogP contribution in [0.1, 0.15) is 18.4 Å². The molecule has 0 amide bonds. The third-order valence-electron chi connectivity index (χ3n) is 6.81. The van der Waals surface area contributed by atoms with Gasteiger partial charge in [0, 0.05) is 23.6 Å². The van der Waals surface area contributed by atoms with E-state index in [1.165, 1.54) is 17.1 Å². The second kappa shape index (κ2) is 8.61. The third-order valence-corrected chi connectivity index (χ3v) is 6.81. The average molecular weight is 443 g/mol. The van der Waals surface area contributed by atoms with Gasteiger partial charge in [-0.05, 0) is 60.9 Å². The van der Waals surface area contributed by atoms with E-state index in [2.05, 4.69) is 112 Å². The minimum atomic E-state index is 0.161. The molecule has 2 aliphatic heterocycles. The zero-order chi connectivity index (χ0) is 22.9. The molecule has 0 spiro atoms. The molecule has 2 atom stereocenters. The van der Waals surface area contributed by atoms with Crippen molar-refractivity contribution in [3.8, 4) is 6.07 Å². The van der Waals surface area contributed by atoms with Gasteiger partial charge in [-0.25, -0.2) is 0 Å². The van der Waals surface area contributed by atoms with Crippen molar-refractivity contribution in [2.75, 3.05) is 16.3 Å². The van der Waals surface area contributed by atoms with E-state index in [1.54, 1.807) is 0 Å². The molecule has 166 valence electrons. The van der Waals surface area contributed by atoms with Gasteiger partial charge in [0.05, 0.1) is 35.1 Å². The number of benzene rings is 2. The first-order chi connectivity index (χ1) is 16.8. The fourth-order valence-electron chi connectivity index (χ4n) is 5.28. The summed E-state index contributed by atoms with van der Waals surface area (Å²) < 4.78 is 0. The molecule has 1 N–H and O–H groups in total. The quantitative estimate of drug-likeness (QED) is 0.620. The van der Waals surface area contributed by atoms with Gasteiger partial charge in [-0.3, -0.25) is 0 Å². The van der Waals surface area contributed by atoms with Crippen LogP contribution in [0.25, 0.3) is 5.70 Å². The van der Waals surface area contributed by atoms with Crippen molar-refractivity contribution in [1.29, 1.82) is 5.26 Å². The summed E-state index contributed by atoms with van der Waals surface area (Å²) >= 11 is 0. The van der Waals surface area contributed by atoms with Crippen LogP contribution in [0.4, 0.5) is 17.1 Å². The predicted octanol–water partition coefficient (Wildman–Crippen LogP) is 6.14. The number of nitriles is 1. The number of fused-ring (bicyclic) bond motifs is 2. The molecule has 4 nitrogen and oxygen atoms in total. The van der Waals surface area contributed by atoms with Gasteiger partial charge in [-0.1, -0.05) is 60.7 Å². The smallest absolute Gasteiger partial charge is 0.0989 e. The van der Waals surface area contributed by atoms with Crippen molar-refractivity contribution in [3.05, 3.63) is 120 Å². The highest BCUT2D eigenvalue weighted by molar-refractivity contribution is 5.85. The van der Waals surface area contributed by atoms with Crippen molar-refractivity contribution in [2.45, 2.75) is 24.9 Å². The summed E-state index contributed by atoms with van der Waals surface area (Å²) in [6.07, 6.45) is 21.9. The molecule has 4 aliphatic rings. The number of anilines is 3. The van der Waals surface area contributed by atoms with E-state index in [0.29, 0.717) is 12.1 Å². The number of nitrogens with zero attached hydrogens (tertiary/aromatic N) is 3. The minimum Gasteiger partial charge on any atom is -0.381 e. The highest BCUT2D eigenvalue weighted by Crippen LogP contribution is 2.46. The van der Waals surface area contributed by atoms with Crippen molar-refractivity contribution in [3.63, 3.8) is 0 Å². The van der Waals surface area contributed by atoms with Crippen LogP contribution in [-0.4, -0.2) is 18.6 Å². The fraction of sp³-hybridized carbons (Fsp3) is 0.167. The Balaban J connectivity index is 1.48. The lowest BCUT2D eigenvalue weighted by atomic mass is 9.91. The van der Waals surface area contributed by atoms with Crippen LogP contribution in [0.3, 0.4) is 0 Å². The van der Waals surface area contributed by atoms with E-state index >= 15 is 0 Å². The monoisotopic (exact) mass is 442 g/mol. The number of allylic oxidation sites excluding steroid dienone is 7. The van der Waals surface area contributed by atoms with Crippen molar-refractivity contribution < 1.29 is 0 Å². The fourth-order valence-corrected chi connectivity index (χ4v) is 5.28. The predicted molar refractivity (Wildman–Crippen MR) is 139 cm³/mol. The van der Waals surface area contributed by atoms with E-state index in [4.69, 9.17) is 0 Å². The maximum absolute atomic E-state index is 9.36. The van der Waals surface area contributed by atoms with Gasteiger partial charge in [-0.2, -0.15) is 5.26 Å². The molecule has 2 aliphatic carbocycles. The Hall–Kier alpha value is -4.23. The largest absolute Gasteiger partial charge is 0.381 e. The molecule has 2 heterocycles. The van der Waals surface area contributed by atoms with Gasteiger partial charge in [0.2, 0.25) is 0 Å². The first-order valence-corrected chi connectivity index (χ1v) is 11.9. The van der Waals surface area contributed by atoms with Crippen LogP contribution in [0, 0.1) is 11.3 Å². The Morgan fingerprint density at radius 3 is 2.44 bits per heavy atom. The summed E-state index contributed by atoms with van der Waals surface area (Å²) in [5.41, 5.74) is 7.61. The summed E-state index contributed by atoms with van der Waals surface area (Å²) in [7, 11) is 0. The molecular formula is C30H26N4. The van der Waals surface area contributed by atoms with Crippen LogP contribution < -0.4 is 15.1 Å². The Bertz CT molecular complexity index is 1350. The molecule has 2 unspecified atom stereocenters. The van der Waals surface area contributed by atoms with Crippen LogP contribution in [-0.2, 0) is 0 Å². The van der Waals surface area contributed by atoms with Crippen LogP contribution in [0.5, 0.6) is 0 Å². The van der Waals surface area contributed by atoms with Crippen molar-refractivity contribution in [2.24, 2.45) is 0 Å². The number of nitrogens with one attached hydrogen (secondary N) is 1. The van der Waals surface area contributed by atoms with Gasteiger partial charge < -0.3 is 15.1 Å². The molecule has 0 radical (unpaired) electrons. The Kier molecular flexibility index (Phi) is 5.16. The standard InChI is InChI=1S/C30H26N4/c31-21-22-17-18-32-26(19-22)23-9-8-12-25(20-23)34-29-15-6-4-13-27(29)33(24-10-2-1-3-11-24)28-14-5-7-16-30(28)34/h2,4-17,19-20,27,29,32H,1,3,18H2. The first-order valence-electron chi connectivity index (χ1n) is 11.9. The highest BCUT2D eigenvalue weighted by atomic mass is 15.3. The lowest BCUT2D eigenvalue weighted by molar-refractivity contribution is 0.623. The van der Waals surface area contributed by atoms with Crippen LogP contribution in [0.15, 0.2) is 114 Å². The molecular weight excluding hydrogens is 416 g/mol. The maximum atomic E-state index is 9.36. The highest BCUT2D eigenvalue weighted by Gasteiger charge is 2.39. The molecule has 0 fully saturated rings. The normalized spacial score (nSPS) is 22.6. The molecule has 2 aromatic rings. The van der Waals surface area contributed by atoms with E-state index in [0.717, 1.165) is 29.8 Å². The number of dihydropyridines is 1. The molecule has 0 saturated carbocycles. The van der Waals surface area contributed by atoms with E-state index in [1.807, 2.05) is 12.2 Å². The molecule has 6 rings (SSSR count). The minimum absolute atomic E-state index is 0.161. The van der Waals surface area contributed by atoms with Gasteiger partial charge in [0.1, 0.15) is 0 Å². The zero-order valence-corrected chi connectivity index (χ0v) is 18.9. The summed E-state index contributed by atoms with van der Waals surface area (Å²) in [6, 6.07) is 20.0. The van der Waals surface area contributed by atoms with Crippen LogP contribution in [0.2, 0.25) is 0 Å². The topological polar surface area (TPSA) is 42.3 Å². The average Bonchev–Trinajstić information content (AvgIpc) is 2.92. The van der Waals surface area contributed by atoms with Gasteiger partial charge in [-0.15, -0.1) is 0 Å². The van der Waals surface area contributed by atoms with E-state index in [-0.39, 0.29) is 12.1 Å². The SMILES string of the molecule is N#CC1=CCNC(c2cccc(N3c4ccccc4N(C4=CCCC=C4)C4C=CC=CC43)c2)=C1. The van der Waals surface area contributed by atoms with Crippen LogP contribution >= 0.6 is 0 Å². The summed E-state index contributed by atoms with van der Waals surface area (Å²) in [4.78, 5) is 4.95. The molecule has 4 heteroatoms. The van der Waals surface area contributed by atoms with Gasteiger partial charge in [0.25, 0.3) is 0 Å². The van der Waals surface area contributed by atoms with Crippen molar-refractivity contribution >= 4 is 22.8 Å². The molecule has 34 heavy (non-hydrogen) atoms. The van der Waals surface area contributed by atoms with Crippen molar-refractivity contribution in [1.82, 2.24) is 5.32 Å². The Morgan fingerprint density at radius 1 is 0.882 bits per heavy atom. The first kappa shape index (κ1) is 20.4. The summed E-state index contributed by atoms with van der Waals surface area (Å²) in [6.45, 7) is 0.668. The lowest BCUT2D eigenvalue weighted by Crippen LogP contribution is -2.53. The molecule has 0 bridgehead atoms. The second-order valence-electron chi connectivity index (χ2n) is 8.85. The Labute approximate surface area is 200 Å². The Morgan fingerprint density at radius 2 is 1.68 bits per heavy atom. The van der Waals surface area contributed by atoms with E-state index < -0.39 is 0 Å². The summed E-state index contributed by atoms with van der Waals surface area (Å²) in [5, 5.41) is 12.8. The zero-order valence-electron chi connectivity index (χ0n) is 18.9. The maximum Gasteiger partial charge on any atom is 0.0989 e. The van der Waals surface area contributed by atoms with Gasteiger partial charge in [0.15, 0.2) is 0 Å².